The number of nitrogens with one attached hydrogen (secondary N) is 1. The molecule has 4 heteroatoms. The molecule has 0 bridgehead atoms. The highest BCUT2D eigenvalue weighted by Crippen LogP contribution is 2.24. The summed E-state index contributed by atoms with van der Waals surface area (Å²) in [5.41, 5.74) is 7.80. The average molecular weight is 219 g/mol. The number of rotatable bonds is 2. The maximum atomic E-state index is 8.97. The van der Waals surface area contributed by atoms with Gasteiger partial charge in [-0.25, -0.2) is 0 Å². The van der Waals surface area contributed by atoms with E-state index < -0.39 is 0 Å². The van der Waals surface area contributed by atoms with Gasteiger partial charge in [-0.1, -0.05) is 0 Å². The summed E-state index contributed by atoms with van der Waals surface area (Å²) in [5, 5.41) is 12.4. The number of anilines is 2. The highest BCUT2D eigenvalue weighted by atomic mass is 32.2. The van der Waals surface area contributed by atoms with E-state index in [4.69, 9.17) is 11.0 Å². The van der Waals surface area contributed by atoms with Gasteiger partial charge in [0, 0.05) is 17.5 Å². The lowest BCUT2D eigenvalue weighted by atomic mass is 10.1. The predicted molar refractivity (Wildman–Crippen MR) is 64.9 cm³/mol. The van der Waals surface area contributed by atoms with Gasteiger partial charge in [0.15, 0.2) is 0 Å². The lowest BCUT2D eigenvalue weighted by Gasteiger charge is -2.14. The molecule has 0 spiro atoms. The first-order valence-corrected chi connectivity index (χ1v) is 6.09. The van der Waals surface area contributed by atoms with E-state index in [-0.39, 0.29) is 0 Å². The number of nitrogens with zero attached hydrogens (tertiary/aromatic N) is 1. The topological polar surface area (TPSA) is 61.8 Å². The van der Waals surface area contributed by atoms with Crippen molar-refractivity contribution < 1.29 is 0 Å². The number of nitrogens with two attached hydrogens (primary N) is 1. The molecule has 1 aromatic carbocycles. The summed E-state index contributed by atoms with van der Waals surface area (Å²) in [6.07, 6.45) is 1.17. The molecule has 1 aromatic rings. The van der Waals surface area contributed by atoms with Crippen LogP contribution in [0.2, 0.25) is 0 Å². The minimum absolute atomic E-state index is 0.491. The number of thioether (sulfide) groups is 1. The van der Waals surface area contributed by atoms with Gasteiger partial charge >= 0.3 is 0 Å². The van der Waals surface area contributed by atoms with Crippen LogP contribution in [0.15, 0.2) is 18.2 Å². The zero-order valence-electron chi connectivity index (χ0n) is 8.36. The van der Waals surface area contributed by atoms with E-state index in [2.05, 4.69) is 11.4 Å². The van der Waals surface area contributed by atoms with Crippen LogP contribution in [-0.2, 0) is 0 Å². The van der Waals surface area contributed by atoms with E-state index in [0.717, 1.165) is 11.4 Å². The van der Waals surface area contributed by atoms with Crippen molar-refractivity contribution in [2.75, 3.05) is 22.6 Å². The molecular weight excluding hydrogens is 206 g/mol. The molecule has 78 valence electrons. The summed E-state index contributed by atoms with van der Waals surface area (Å²) < 4.78 is 0. The molecule has 1 heterocycles. The van der Waals surface area contributed by atoms with E-state index in [1.807, 2.05) is 23.9 Å². The number of hydrogen-bond donors (Lipinski definition) is 2. The zero-order chi connectivity index (χ0) is 10.7. The van der Waals surface area contributed by atoms with Crippen molar-refractivity contribution in [3.63, 3.8) is 0 Å². The number of nitrogen functional groups attached to an aromatic ring is 1. The van der Waals surface area contributed by atoms with Crippen LogP contribution in [0.1, 0.15) is 12.0 Å². The fourth-order valence-corrected chi connectivity index (χ4v) is 2.80. The Labute approximate surface area is 93.7 Å². The molecule has 0 saturated carbocycles. The minimum Gasteiger partial charge on any atom is -0.399 e. The molecule has 0 radical (unpaired) electrons. The van der Waals surface area contributed by atoms with Gasteiger partial charge < -0.3 is 11.1 Å². The van der Waals surface area contributed by atoms with Crippen molar-refractivity contribution in [1.29, 1.82) is 5.26 Å². The normalized spacial score (nSPS) is 19.8. The Hall–Kier alpha value is -1.34. The molecule has 1 aliphatic rings. The third-order valence-electron chi connectivity index (χ3n) is 2.45. The molecule has 3 nitrogen and oxygen atoms in total. The van der Waals surface area contributed by atoms with Crippen molar-refractivity contribution >= 4 is 23.1 Å². The predicted octanol–water partition coefficient (Wildman–Crippen LogP) is 2.06. The summed E-state index contributed by atoms with van der Waals surface area (Å²) in [4.78, 5) is 0. The lowest BCUT2D eigenvalue weighted by molar-refractivity contribution is 0.812. The van der Waals surface area contributed by atoms with Gasteiger partial charge in [0.25, 0.3) is 0 Å². The smallest absolute Gasteiger partial charge is 0.101 e. The van der Waals surface area contributed by atoms with Gasteiger partial charge in [0.1, 0.15) is 6.07 Å². The second-order valence-corrected chi connectivity index (χ2v) is 4.77. The Kier molecular flexibility index (Phi) is 3.02. The van der Waals surface area contributed by atoms with E-state index in [0.29, 0.717) is 17.3 Å². The summed E-state index contributed by atoms with van der Waals surface area (Å²) in [5.74, 6) is 2.32. The first-order chi connectivity index (χ1) is 7.29. The number of nitriles is 1. The van der Waals surface area contributed by atoms with Crippen molar-refractivity contribution in [2.45, 2.75) is 12.5 Å². The largest absolute Gasteiger partial charge is 0.399 e. The maximum absolute atomic E-state index is 8.97. The van der Waals surface area contributed by atoms with Crippen molar-refractivity contribution in [3.8, 4) is 6.07 Å². The second-order valence-electron chi connectivity index (χ2n) is 3.62. The third kappa shape index (κ3) is 2.37. The van der Waals surface area contributed by atoms with E-state index >= 15 is 0 Å². The molecule has 15 heavy (non-hydrogen) atoms. The van der Waals surface area contributed by atoms with Crippen molar-refractivity contribution in [3.05, 3.63) is 23.8 Å². The molecule has 2 rings (SSSR count). The molecule has 1 aliphatic heterocycles. The molecule has 3 N–H and O–H groups in total. The SMILES string of the molecule is N#Cc1cc(N)ccc1NC1CCSC1. The maximum Gasteiger partial charge on any atom is 0.101 e. The van der Waals surface area contributed by atoms with E-state index in [1.165, 1.54) is 12.2 Å². The summed E-state index contributed by atoms with van der Waals surface area (Å²) in [6, 6.07) is 8.08. The Morgan fingerprint density at radius 1 is 1.53 bits per heavy atom. The highest BCUT2D eigenvalue weighted by molar-refractivity contribution is 7.99. The molecule has 1 unspecified atom stereocenters. The molecule has 1 atom stereocenters. The third-order valence-corrected chi connectivity index (χ3v) is 3.62. The van der Waals surface area contributed by atoms with Gasteiger partial charge in [-0.15, -0.1) is 0 Å². The number of hydrogen-bond acceptors (Lipinski definition) is 4. The van der Waals surface area contributed by atoms with Crippen LogP contribution in [0.25, 0.3) is 0 Å². The fourth-order valence-electron chi connectivity index (χ4n) is 1.65. The van der Waals surface area contributed by atoms with Gasteiger partial charge in [-0.05, 0) is 30.4 Å². The van der Waals surface area contributed by atoms with E-state index in [1.54, 1.807) is 6.07 Å². The van der Waals surface area contributed by atoms with Crippen LogP contribution >= 0.6 is 11.8 Å². The fraction of sp³-hybridized carbons (Fsp3) is 0.364. The van der Waals surface area contributed by atoms with E-state index in [9.17, 15) is 0 Å². The van der Waals surface area contributed by atoms with Crippen LogP contribution < -0.4 is 11.1 Å². The standard InChI is InChI=1S/C11H13N3S/c12-6-8-5-9(13)1-2-11(8)14-10-3-4-15-7-10/h1-2,5,10,14H,3-4,7,13H2. The summed E-state index contributed by atoms with van der Waals surface area (Å²) in [6.45, 7) is 0. The number of benzene rings is 1. The molecule has 0 aliphatic carbocycles. The van der Waals surface area contributed by atoms with Gasteiger partial charge in [0.2, 0.25) is 0 Å². The summed E-state index contributed by atoms with van der Waals surface area (Å²) >= 11 is 1.95. The first kappa shape index (κ1) is 10.2. The molecule has 0 amide bonds. The second kappa shape index (κ2) is 4.45. The minimum atomic E-state index is 0.491. The Balaban J connectivity index is 2.16. The van der Waals surface area contributed by atoms with Gasteiger partial charge in [-0.2, -0.15) is 17.0 Å². The van der Waals surface area contributed by atoms with Gasteiger partial charge in [-0.3, -0.25) is 0 Å². The van der Waals surface area contributed by atoms with Crippen molar-refractivity contribution in [2.24, 2.45) is 0 Å². The molecular formula is C11H13N3S. The zero-order valence-corrected chi connectivity index (χ0v) is 9.18. The van der Waals surface area contributed by atoms with Crippen LogP contribution in [0.3, 0.4) is 0 Å². The molecule has 0 aromatic heterocycles. The monoisotopic (exact) mass is 219 g/mol. The van der Waals surface area contributed by atoms with Crippen LogP contribution in [0.5, 0.6) is 0 Å². The Morgan fingerprint density at radius 3 is 3.07 bits per heavy atom. The Morgan fingerprint density at radius 2 is 2.40 bits per heavy atom. The molecule has 1 fully saturated rings. The first-order valence-electron chi connectivity index (χ1n) is 4.93. The van der Waals surface area contributed by atoms with Crippen LogP contribution in [-0.4, -0.2) is 17.5 Å². The van der Waals surface area contributed by atoms with Gasteiger partial charge in [0.05, 0.1) is 11.3 Å². The summed E-state index contributed by atoms with van der Waals surface area (Å²) in [7, 11) is 0. The van der Waals surface area contributed by atoms with Crippen LogP contribution in [0, 0.1) is 11.3 Å². The van der Waals surface area contributed by atoms with Crippen LogP contribution in [0.4, 0.5) is 11.4 Å². The molecule has 1 saturated heterocycles. The van der Waals surface area contributed by atoms with Crippen molar-refractivity contribution in [1.82, 2.24) is 0 Å². The average Bonchev–Trinajstić information content (AvgIpc) is 2.73. The Bertz CT molecular complexity index is 391. The quantitative estimate of drug-likeness (QED) is 0.747. The highest BCUT2D eigenvalue weighted by Gasteiger charge is 2.16. The lowest BCUT2D eigenvalue weighted by Crippen LogP contribution is -2.18.